The van der Waals surface area contributed by atoms with Gasteiger partial charge in [-0.3, -0.25) is 4.79 Å². The topological polar surface area (TPSA) is 29.5 Å². The van der Waals surface area contributed by atoms with Crippen molar-refractivity contribution in [3.8, 4) is 0 Å². The Bertz CT molecular complexity index is 522. The van der Waals surface area contributed by atoms with Crippen molar-refractivity contribution in [2.45, 2.75) is 25.9 Å². The third-order valence-electron chi connectivity index (χ3n) is 3.64. The maximum Gasteiger partial charge on any atom is 0.293 e. The molecule has 2 aromatic rings. The summed E-state index contributed by atoms with van der Waals surface area (Å²) in [7, 11) is 0. The molecule has 0 aromatic heterocycles. The Morgan fingerprint density at radius 1 is 0.864 bits per heavy atom. The van der Waals surface area contributed by atoms with Gasteiger partial charge >= 0.3 is 0 Å². The molecule has 0 saturated carbocycles. The fourth-order valence-corrected chi connectivity index (χ4v) is 2.50. The third-order valence-corrected chi connectivity index (χ3v) is 3.64. The van der Waals surface area contributed by atoms with Crippen LogP contribution < -0.4 is 4.90 Å². The summed E-state index contributed by atoms with van der Waals surface area (Å²) in [4.78, 5) is 12.2. The van der Waals surface area contributed by atoms with E-state index in [-0.39, 0.29) is 0 Å². The second-order valence-electron chi connectivity index (χ2n) is 5.28. The molecule has 3 rings (SSSR count). The number of benzene rings is 2. The van der Waals surface area contributed by atoms with Gasteiger partial charge in [0.1, 0.15) is 6.61 Å². The number of carbonyl (C=O) groups is 1. The largest absolute Gasteiger partial charge is 0.463 e. The molecule has 0 N–H and O–H groups in total. The van der Waals surface area contributed by atoms with Crippen LogP contribution in [0.4, 0.5) is 5.69 Å². The SMILES string of the molecule is O=COCc1ccccc1.c1ccc(N2CCCCC2)cc1. The first-order valence-corrected chi connectivity index (χ1v) is 7.79. The molecule has 0 atom stereocenters. The van der Waals surface area contributed by atoms with Crippen LogP contribution in [0.25, 0.3) is 0 Å². The van der Waals surface area contributed by atoms with Gasteiger partial charge in [0.05, 0.1) is 0 Å². The molecule has 0 aliphatic carbocycles. The molecule has 1 saturated heterocycles. The molecular formula is C19H23NO2. The van der Waals surface area contributed by atoms with E-state index in [1.165, 1.54) is 38.0 Å². The summed E-state index contributed by atoms with van der Waals surface area (Å²) in [5, 5.41) is 0. The zero-order valence-corrected chi connectivity index (χ0v) is 12.9. The van der Waals surface area contributed by atoms with Crippen molar-refractivity contribution in [3.05, 3.63) is 66.2 Å². The van der Waals surface area contributed by atoms with Crippen LogP contribution in [0.1, 0.15) is 24.8 Å². The predicted octanol–water partition coefficient (Wildman–Crippen LogP) is 4.04. The molecule has 0 bridgehead atoms. The highest BCUT2D eigenvalue weighted by Crippen LogP contribution is 2.18. The summed E-state index contributed by atoms with van der Waals surface area (Å²) >= 11 is 0. The Morgan fingerprint density at radius 3 is 2.05 bits per heavy atom. The van der Waals surface area contributed by atoms with Crippen LogP contribution in [0.15, 0.2) is 60.7 Å². The van der Waals surface area contributed by atoms with Crippen molar-refractivity contribution in [2.75, 3.05) is 18.0 Å². The lowest BCUT2D eigenvalue weighted by molar-refractivity contribution is -0.129. The minimum absolute atomic E-state index is 0.365. The van der Waals surface area contributed by atoms with Crippen molar-refractivity contribution < 1.29 is 9.53 Å². The molecule has 0 unspecified atom stereocenters. The molecule has 1 aliphatic rings. The van der Waals surface area contributed by atoms with E-state index in [9.17, 15) is 4.79 Å². The van der Waals surface area contributed by atoms with Crippen molar-refractivity contribution in [2.24, 2.45) is 0 Å². The summed E-state index contributed by atoms with van der Waals surface area (Å²) in [6, 6.07) is 20.3. The van der Waals surface area contributed by atoms with Crippen molar-refractivity contribution >= 4 is 12.2 Å². The third kappa shape index (κ3) is 5.60. The average Bonchev–Trinajstić information content (AvgIpc) is 2.63. The van der Waals surface area contributed by atoms with Crippen LogP contribution in [-0.2, 0) is 16.1 Å². The second kappa shape index (κ2) is 9.61. The first kappa shape index (κ1) is 16.1. The monoisotopic (exact) mass is 297 g/mol. The minimum atomic E-state index is 0.365. The quantitative estimate of drug-likeness (QED) is 0.798. The van der Waals surface area contributed by atoms with E-state index in [2.05, 4.69) is 40.0 Å². The summed E-state index contributed by atoms with van der Waals surface area (Å²) in [5.41, 5.74) is 2.40. The molecular weight excluding hydrogens is 274 g/mol. The number of rotatable bonds is 4. The molecule has 1 heterocycles. The zero-order valence-electron chi connectivity index (χ0n) is 12.9. The number of ether oxygens (including phenoxy) is 1. The van der Waals surface area contributed by atoms with Crippen LogP contribution in [0.2, 0.25) is 0 Å². The highest BCUT2D eigenvalue weighted by atomic mass is 16.5. The molecule has 1 aliphatic heterocycles. The maximum absolute atomic E-state index is 9.76. The summed E-state index contributed by atoms with van der Waals surface area (Å²) in [6.45, 7) is 3.30. The fourth-order valence-electron chi connectivity index (χ4n) is 2.50. The summed E-state index contributed by atoms with van der Waals surface area (Å²) in [5.74, 6) is 0. The van der Waals surface area contributed by atoms with Crippen LogP contribution in [0.3, 0.4) is 0 Å². The van der Waals surface area contributed by atoms with Crippen LogP contribution in [0, 0.1) is 0 Å². The van der Waals surface area contributed by atoms with Crippen molar-refractivity contribution in [3.63, 3.8) is 0 Å². The smallest absolute Gasteiger partial charge is 0.293 e. The summed E-state index contributed by atoms with van der Waals surface area (Å²) in [6.07, 6.45) is 4.12. The number of piperidine rings is 1. The van der Waals surface area contributed by atoms with E-state index >= 15 is 0 Å². The molecule has 1 fully saturated rings. The Labute approximate surface area is 132 Å². The van der Waals surface area contributed by atoms with Gasteiger partial charge in [0.15, 0.2) is 0 Å². The van der Waals surface area contributed by atoms with E-state index in [4.69, 9.17) is 0 Å². The van der Waals surface area contributed by atoms with Gasteiger partial charge in [0.25, 0.3) is 6.47 Å². The van der Waals surface area contributed by atoms with Gasteiger partial charge in [0.2, 0.25) is 0 Å². The fraction of sp³-hybridized carbons (Fsp3) is 0.316. The van der Waals surface area contributed by atoms with E-state index < -0.39 is 0 Å². The number of carbonyl (C=O) groups excluding carboxylic acids is 1. The minimum Gasteiger partial charge on any atom is -0.463 e. The Hall–Kier alpha value is -2.29. The van der Waals surface area contributed by atoms with Gasteiger partial charge in [-0.2, -0.15) is 0 Å². The van der Waals surface area contributed by atoms with Gasteiger partial charge in [-0.05, 0) is 37.0 Å². The molecule has 22 heavy (non-hydrogen) atoms. The van der Waals surface area contributed by atoms with Gasteiger partial charge < -0.3 is 9.64 Å². The first-order chi connectivity index (χ1) is 10.9. The van der Waals surface area contributed by atoms with Gasteiger partial charge in [-0.25, -0.2) is 0 Å². The number of anilines is 1. The maximum atomic E-state index is 9.76. The van der Waals surface area contributed by atoms with E-state index in [0.717, 1.165) is 5.56 Å². The van der Waals surface area contributed by atoms with E-state index in [1.807, 2.05) is 30.3 Å². The van der Waals surface area contributed by atoms with E-state index in [1.54, 1.807) is 0 Å². The zero-order chi connectivity index (χ0) is 15.5. The molecule has 3 nitrogen and oxygen atoms in total. The molecule has 0 radical (unpaired) electrons. The number of hydrogen-bond acceptors (Lipinski definition) is 3. The normalized spacial score (nSPS) is 13.7. The average molecular weight is 297 g/mol. The first-order valence-electron chi connectivity index (χ1n) is 7.79. The van der Waals surface area contributed by atoms with Crippen molar-refractivity contribution in [1.29, 1.82) is 0 Å². The lowest BCUT2D eigenvalue weighted by Gasteiger charge is -2.28. The van der Waals surface area contributed by atoms with E-state index in [0.29, 0.717) is 13.1 Å². The van der Waals surface area contributed by atoms with Gasteiger partial charge in [-0.1, -0.05) is 48.5 Å². The number of nitrogens with zero attached hydrogens (tertiary/aromatic N) is 1. The van der Waals surface area contributed by atoms with Crippen LogP contribution >= 0.6 is 0 Å². The molecule has 2 aromatic carbocycles. The number of hydrogen-bond donors (Lipinski definition) is 0. The molecule has 3 heteroatoms. The van der Waals surface area contributed by atoms with Crippen LogP contribution in [0.5, 0.6) is 0 Å². The lowest BCUT2D eigenvalue weighted by Crippen LogP contribution is -2.29. The Morgan fingerprint density at radius 2 is 1.45 bits per heavy atom. The predicted molar refractivity (Wildman–Crippen MR) is 89.8 cm³/mol. The number of para-hydroxylation sites is 1. The van der Waals surface area contributed by atoms with Gasteiger partial charge in [-0.15, -0.1) is 0 Å². The Balaban J connectivity index is 0.000000164. The standard InChI is InChI=1S/C11H15N.C8H8O2/c1-3-7-11(8-4-1)12-9-5-2-6-10-12;9-7-10-6-8-4-2-1-3-5-8/h1,3-4,7-8H,2,5-6,9-10H2;1-5,7H,6H2. The molecule has 116 valence electrons. The van der Waals surface area contributed by atoms with Gasteiger partial charge in [0, 0.05) is 18.8 Å². The highest BCUT2D eigenvalue weighted by molar-refractivity contribution is 5.46. The lowest BCUT2D eigenvalue weighted by atomic mass is 10.1. The second-order valence-corrected chi connectivity index (χ2v) is 5.28. The molecule has 0 spiro atoms. The summed E-state index contributed by atoms with van der Waals surface area (Å²) < 4.78 is 4.54. The van der Waals surface area contributed by atoms with Crippen molar-refractivity contribution in [1.82, 2.24) is 0 Å². The molecule has 0 amide bonds. The Kier molecular flexibility index (Phi) is 7.03. The van der Waals surface area contributed by atoms with Crippen LogP contribution in [-0.4, -0.2) is 19.6 Å². The highest BCUT2D eigenvalue weighted by Gasteiger charge is 2.09.